The van der Waals surface area contributed by atoms with Crippen LogP contribution in [0.4, 0.5) is 13.6 Å². The van der Waals surface area contributed by atoms with E-state index in [2.05, 4.69) is 5.32 Å². The average Bonchev–Trinajstić information content (AvgIpc) is 3.29. The predicted molar refractivity (Wildman–Crippen MR) is 140 cm³/mol. The van der Waals surface area contributed by atoms with Gasteiger partial charge in [-0.25, -0.2) is 13.6 Å². The summed E-state index contributed by atoms with van der Waals surface area (Å²) in [5, 5.41) is 21.5. The Morgan fingerprint density at radius 3 is 2.50 bits per heavy atom. The highest BCUT2D eigenvalue weighted by atomic mass is 32.1. The fourth-order valence-corrected chi connectivity index (χ4v) is 5.40. The fourth-order valence-electron chi connectivity index (χ4n) is 4.26. The van der Waals surface area contributed by atoms with Gasteiger partial charge in [-0.3, -0.25) is 4.79 Å². The molecule has 1 aromatic heterocycles. The van der Waals surface area contributed by atoms with Crippen LogP contribution in [0.5, 0.6) is 5.75 Å². The molecule has 0 aliphatic carbocycles. The number of piperidine rings is 1. The third-order valence-corrected chi connectivity index (χ3v) is 7.15. The summed E-state index contributed by atoms with van der Waals surface area (Å²) in [5.41, 5.74) is 0.564. The molecular weight excluding hydrogens is 512 g/mol. The van der Waals surface area contributed by atoms with Crippen LogP contribution in [0.2, 0.25) is 0 Å². The Morgan fingerprint density at radius 2 is 1.84 bits per heavy atom. The molecule has 3 aromatic rings. The lowest BCUT2D eigenvalue weighted by atomic mass is 10.0. The molecule has 0 bridgehead atoms. The van der Waals surface area contributed by atoms with E-state index in [0.717, 1.165) is 17.4 Å². The number of phenols is 1. The quantitative estimate of drug-likeness (QED) is 0.419. The van der Waals surface area contributed by atoms with E-state index in [1.807, 2.05) is 0 Å². The molecule has 1 atom stereocenters. The number of carbonyl (C=O) groups excluding carboxylic acids is 2. The topological polar surface area (TPSA) is 103 Å². The van der Waals surface area contributed by atoms with Crippen molar-refractivity contribution in [2.45, 2.75) is 45.3 Å². The molecule has 1 aliphatic rings. The molecule has 0 unspecified atom stereocenters. The number of nitriles is 1. The zero-order valence-corrected chi connectivity index (χ0v) is 22.0. The molecule has 0 saturated carbocycles. The number of nitrogens with zero attached hydrogens (tertiary/aromatic N) is 2. The largest absolute Gasteiger partial charge is 0.505 e. The number of alkyl carbamates (subject to hydrolysis) is 1. The Bertz CT molecular complexity index is 1420. The SMILES string of the molecule is CC(C)(C)OC(=O)N[C@@H]1CCCN(C(=O)c2cc(-c3ccc(C#N)c(F)c3)c(-c3ccc(O)c(F)c3)s2)C1. The third kappa shape index (κ3) is 6.11. The molecular formula is C28H27F2N3O4S. The van der Waals surface area contributed by atoms with E-state index in [0.29, 0.717) is 52.4 Å². The lowest BCUT2D eigenvalue weighted by molar-refractivity contribution is 0.0453. The number of likely N-dealkylation sites (tertiary alicyclic amines) is 1. The minimum absolute atomic E-state index is 0.116. The van der Waals surface area contributed by atoms with E-state index in [1.165, 1.54) is 24.3 Å². The maximum absolute atomic E-state index is 14.5. The van der Waals surface area contributed by atoms with Crippen LogP contribution in [0.25, 0.3) is 21.6 Å². The number of rotatable bonds is 4. The molecule has 0 radical (unpaired) electrons. The van der Waals surface area contributed by atoms with Gasteiger partial charge in [0.15, 0.2) is 11.6 Å². The average molecular weight is 540 g/mol. The second kappa shape index (κ2) is 10.8. The normalized spacial score (nSPS) is 15.6. The number of benzene rings is 2. The summed E-state index contributed by atoms with van der Waals surface area (Å²) < 4.78 is 34.0. The highest BCUT2D eigenvalue weighted by molar-refractivity contribution is 7.18. The number of phenolic OH excluding ortho intramolecular Hbond substituents is 1. The van der Waals surface area contributed by atoms with Gasteiger partial charge >= 0.3 is 6.09 Å². The van der Waals surface area contributed by atoms with Crippen LogP contribution in [0, 0.1) is 23.0 Å². The van der Waals surface area contributed by atoms with Crippen molar-refractivity contribution in [3.05, 3.63) is 64.5 Å². The van der Waals surface area contributed by atoms with Gasteiger partial charge in [-0.05, 0) is 81.1 Å². The molecule has 198 valence electrons. The minimum atomic E-state index is -0.826. The van der Waals surface area contributed by atoms with E-state index in [4.69, 9.17) is 10.00 Å². The molecule has 2 N–H and O–H groups in total. The van der Waals surface area contributed by atoms with Crippen molar-refractivity contribution < 1.29 is 28.2 Å². The Labute approximate surface area is 223 Å². The second-order valence-corrected chi connectivity index (χ2v) is 11.1. The summed E-state index contributed by atoms with van der Waals surface area (Å²) in [7, 11) is 0. The highest BCUT2D eigenvalue weighted by Crippen LogP contribution is 2.41. The lowest BCUT2D eigenvalue weighted by Crippen LogP contribution is -2.50. The first kappa shape index (κ1) is 27.1. The fraction of sp³-hybridized carbons (Fsp3) is 0.321. The van der Waals surface area contributed by atoms with E-state index in [-0.39, 0.29) is 17.5 Å². The number of amides is 2. The van der Waals surface area contributed by atoms with Crippen molar-refractivity contribution in [3.63, 3.8) is 0 Å². The van der Waals surface area contributed by atoms with Gasteiger partial charge in [0, 0.05) is 29.6 Å². The lowest BCUT2D eigenvalue weighted by Gasteiger charge is -2.33. The summed E-state index contributed by atoms with van der Waals surface area (Å²) in [6.07, 6.45) is 0.831. The summed E-state index contributed by atoms with van der Waals surface area (Å²) in [6.45, 7) is 6.10. The summed E-state index contributed by atoms with van der Waals surface area (Å²) >= 11 is 1.12. The van der Waals surface area contributed by atoms with Crippen LogP contribution in [-0.4, -0.2) is 46.7 Å². The molecule has 38 heavy (non-hydrogen) atoms. The van der Waals surface area contributed by atoms with Gasteiger partial charge < -0.3 is 20.1 Å². The van der Waals surface area contributed by atoms with Gasteiger partial charge in [0.25, 0.3) is 5.91 Å². The zero-order valence-electron chi connectivity index (χ0n) is 21.2. The van der Waals surface area contributed by atoms with Crippen molar-refractivity contribution in [3.8, 4) is 33.4 Å². The minimum Gasteiger partial charge on any atom is -0.505 e. The molecule has 1 saturated heterocycles. The summed E-state index contributed by atoms with van der Waals surface area (Å²) in [4.78, 5) is 28.3. The van der Waals surface area contributed by atoms with Crippen molar-refractivity contribution in [2.75, 3.05) is 13.1 Å². The zero-order chi connectivity index (χ0) is 27.6. The van der Waals surface area contributed by atoms with Crippen molar-refractivity contribution in [1.29, 1.82) is 5.26 Å². The van der Waals surface area contributed by atoms with Gasteiger partial charge in [-0.15, -0.1) is 11.3 Å². The van der Waals surface area contributed by atoms with Crippen LogP contribution in [-0.2, 0) is 4.74 Å². The molecule has 2 aromatic carbocycles. The van der Waals surface area contributed by atoms with Crippen LogP contribution < -0.4 is 5.32 Å². The molecule has 1 aliphatic heterocycles. The molecule has 7 nitrogen and oxygen atoms in total. The number of carbonyl (C=O) groups is 2. The van der Waals surface area contributed by atoms with E-state index in [9.17, 15) is 23.5 Å². The summed E-state index contributed by atoms with van der Waals surface area (Å²) in [5.74, 6) is -2.32. The first-order valence-electron chi connectivity index (χ1n) is 12.1. The molecule has 2 amide bonds. The number of halogens is 2. The number of hydrogen-bond donors (Lipinski definition) is 2. The number of hydrogen-bond acceptors (Lipinski definition) is 6. The van der Waals surface area contributed by atoms with Gasteiger partial charge in [0.1, 0.15) is 17.5 Å². The predicted octanol–water partition coefficient (Wildman–Crippen LogP) is 6.07. The molecule has 1 fully saturated rings. The maximum Gasteiger partial charge on any atom is 0.407 e. The summed E-state index contributed by atoms with van der Waals surface area (Å²) in [6, 6.07) is 11.1. The monoisotopic (exact) mass is 539 g/mol. The first-order chi connectivity index (χ1) is 17.9. The van der Waals surface area contributed by atoms with Crippen molar-refractivity contribution in [2.24, 2.45) is 0 Å². The Balaban J connectivity index is 1.65. The number of thiophene rings is 1. The smallest absolute Gasteiger partial charge is 0.407 e. The second-order valence-electron chi connectivity index (χ2n) is 10.1. The standard InChI is InChI=1S/C28H27F2N3O4S/c1-28(2,3)37-27(36)32-19-5-4-10-33(15-19)26(35)24-13-20(16-6-7-18(14-31)21(29)11-16)25(38-24)17-8-9-23(34)22(30)12-17/h6-9,11-13,19,34H,4-5,10,15H2,1-3H3,(H,32,36)/t19-/m1/s1. The third-order valence-electron chi connectivity index (χ3n) is 5.98. The number of nitrogens with one attached hydrogen (secondary N) is 1. The van der Waals surface area contributed by atoms with Crippen molar-refractivity contribution >= 4 is 23.3 Å². The van der Waals surface area contributed by atoms with Gasteiger partial charge in [0.05, 0.1) is 10.4 Å². The van der Waals surface area contributed by atoms with Crippen LogP contribution in [0.1, 0.15) is 48.8 Å². The number of aromatic hydroxyl groups is 1. The molecule has 4 rings (SSSR count). The Hall–Kier alpha value is -3.97. The molecule has 2 heterocycles. The van der Waals surface area contributed by atoms with Crippen LogP contribution >= 0.6 is 11.3 Å². The van der Waals surface area contributed by atoms with Crippen LogP contribution in [0.15, 0.2) is 42.5 Å². The Morgan fingerprint density at radius 1 is 1.13 bits per heavy atom. The molecule has 10 heteroatoms. The van der Waals surface area contributed by atoms with E-state index < -0.39 is 29.1 Å². The van der Waals surface area contributed by atoms with Gasteiger partial charge in [0.2, 0.25) is 0 Å². The highest BCUT2D eigenvalue weighted by Gasteiger charge is 2.29. The van der Waals surface area contributed by atoms with Crippen LogP contribution in [0.3, 0.4) is 0 Å². The molecule has 0 spiro atoms. The van der Waals surface area contributed by atoms with E-state index >= 15 is 0 Å². The van der Waals surface area contributed by atoms with E-state index in [1.54, 1.807) is 43.9 Å². The van der Waals surface area contributed by atoms with Crippen molar-refractivity contribution in [1.82, 2.24) is 10.2 Å². The number of ether oxygens (including phenoxy) is 1. The maximum atomic E-state index is 14.5. The van der Waals surface area contributed by atoms with Gasteiger partial charge in [-0.1, -0.05) is 6.07 Å². The first-order valence-corrected chi connectivity index (χ1v) is 12.9. The Kier molecular flexibility index (Phi) is 7.69. The van der Waals surface area contributed by atoms with Gasteiger partial charge in [-0.2, -0.15) is 5.26 Å².